The summed E-state index contributed by atoms with van der Waals surface area (Å²) in [6, 6.07) is 8.05. The van der Waals surface area contributed by atoms with E-state index in [9.17, 15) is 14.4 Å². The molecule has 0 spiro atoms. The van der Waals surface area contributed by atoms with Gasteiger partial charge in [0.05, 0.1) is 11.4 Å². The number of amides is 2. The first-order valence-corrected chi connectivity index (χ1v) is 7.17. The number of benzene rings is 1. The van der Waals surface area contributed by atoms with Crippen molar-refractivity contribution in [3.63, 3.8) is 0 Å². The fourth-order valence-electron chi connectivity index (χ4n) is 1.95. The lowest BCUT2D eigenvalue weighted by molar-refractivity contribution is -0.113. The quantitative estimate of drug-likeness (QED) is 0.787. The van der Waals surface area contributed by atoms with E-state index in [1.165, 1.54) is 30.1 Å². The van der Waals surface area contributed by atoms with Crippen molar-refractivity contribution < 1.29 is 9.59 Å². The second kappa shape index (κ2) is 5.45. The van der Waals surface area contributed by atoms with Crippen molar-refractivity contribution in [3.05, 3.63) is 52.4 Å². The van der Waals surface area contributed by atoms with E-state index >= 15 is 0 Å². The summed E-state index contributed by atoms with van der Waals surface area (Å²) in [6.07, 6.45) is 1.42. The van der Waals surface area contributed by atoms with Gasteiger partial charge in [0.25, 0.3) is 5.91 Å². The van der Waals surface area contributed by atoms with Crippen LogP contribution >= 0.6 is 11.8 Å². The Kier molecular flexibility index (Phi) is 3.49. The topological polar surface area (TPSA) is 91.1 Å². The van der Waals surface area contributed by atoms with Gasteiger partial charge in [-0.3, -0.25) is 14.4 Å². The summed E-state index contributed by atoms with van der Waals surface area (Å²) < 4.78 is 0. The van der Waals surface area contributed by atoms with Crippen LogP contribution in [-0.4, -0.2) is 22.6 Å². The highest BCUT2D eigenvalue weighted by Crippen LogP contribution is 2.33. The van der Waals surface area contributed by atoms with Crippen molar-refractivity contribution in [2.75, 3.05) is 16.4 Å². The molecule has 1 aromatic carbocycles. The summed E-state index contributed by atoms with van der Waals surface area (Å²) in [5.74, 6) is -0.0488. The molecule has 0 fully saturated rings. The van der Waals surface area contributed by atoms with E-state index in [1.807, 2.05) is 6.07 Å². The Hall–Kier alpha value is -2.54. The van der Waals surface area contributed by atoms with E-state index in [1.54, 1.807) is 12.1 Å². The molecule has 1 aromatic heterocycles. The highest BCUT2D eigenvalue weighted by atomic mass is 32.2. The number of aromatic nitrogens is 1. The number of rotatable bonds is 2. The Balaban J connectivity index is 1.82. The van der Waals surface area contributed by atoms with Crippen LogP contribution in [0.2, 0.25) is 0 Å². The van der Waals surface area contributed by atoms with E-state index in [0.717, 1.165) is 4.90 Å². The molecule has 0 saturated carbocycles. The molecule has 0 radical (unpaired) electrons. The first-order valence-electron chi connectivity index (χ1n) is 6.18. The Morgan fingerprint density at radius 1 is 1.19 bits per heavy atom. The molecule has 7 heteroatoms. The van der Waals surface area contributed by atoms with Crippen molar-refractivity contribution in [2.24, 2.45) is 0 Å². The molecular formula is C14H11N3O3S. The predicted molar refractivity (Wildman–Crippen MR) is 80.8 cm³/mol. The zero-order valence-corrected chi connectivity index (χ0v) is 11.6. The summed E-state index contributed by atoms with van der Waals surface area (Å²) in [7, 11) is 0. The van der Waals surface area contributed by atoms with Crippen LogP contribution in [0.1, 0.15) is 10.4 Å². The van der Waals surface area contributed by atoms with Crippen molar-refractivity contribution in [1.82, 2.24) is 4.98 Å². The van der Waals surface area contributed by atoms with Gasteiger partial charge in [-0.1, -0.05) is 0 Å². The van der Waals surface area contributed by atoms with Gasteiger partial charge in [0.15, 0.2) is 0 Å². The second-order valence-electron chi connectivity index (χ2n) is 4.44. The van der Waals surface area contributed by atoms with Crippen LogP contribution in [0.4, 0.5) is 11.4 Å². The zero-order chi connectivity index (χ0) is 14.8. The molecular weight excluding hydrogens is 290 g/mol. The van der Waals surface area contributed by atoms with Crippen molar-refractivity contribution in [1.29, 1.82) is 0 Å². The number of aromatic amines is 1. The van der Waals surface area contributed by atoms with Gasteiger partial charge < -0.3 is 15.6 Å². The predicted octanol–water partition coefficient (Wildman–Crippen LogP) is 1.67. The molecule has 0 saturated heterocycles. The molecule has 3 N–H and O–H groups in total. The van der Waals surface area contributed by atoms with Gasteiger partial charge in [0.1, 0.15) is 0 Å². The highest BCUT2D eigenvalue weighted by Gasteiger charge is 2.16. The molecule has 0 atom stereocenters. The van der Waals surface area contributed by atoms with Gasteiger partial charge in [-0.15, -0.1) is 11.8 Å². The summed E-state index contributed by atoms with van der Waals surface area (Å²) >= 11 is 1.45. The fraction of sp³-hybridized carbons (Fsp3) is 0.0714. The lowest BCUT2D eigenvalue weighted by Gasteiger charge is -2.17. The van der Waals surface area contributed by atoms with Crippen LogP contribution in [0.15, 0.2) is 46.2 Å². The molecule has 0 unspecified atom stereocenters. The summed E-state index contributed by atoms with van der Waals surface area (Å²) in [4.78, 5) is 38.0. The molecule has 6 nitrogen and oxygen atoms in total. The van der Waals surface area contributed by atoms with Gasteiger partial charge in [-0.05, 0) is 24.3 Å². The normalized spacial score (nSPS) is 13.2. The maximum absolute atomic E-state index is 12.0. The van der Waals surface area contributed by atoms with Crippen LogP contribution in [0.25, 0.3) is 0 Å². The van der Waals surface area contributed by atoms with E-state index in [4.69, 9.17) is 0 Å². The Bertz CT molecular complexity index is 785. The number of carbonyl (C=O) groups is 2. The molecule has 1 aliphatic heterocycles. The van der Waals surface area contributed by atoms with Gasteiger partial charge in [0, 0.05) is 28.4 Å². The largest absolute Gasteiger partial charge is 0.329 e. The van der Waals surface area contributed by atoms with Gasteiger partial charge in [-0.25, -0.2) is 0 Å². The molecule has 2 aromatic rings. The number of anilines is 2. The third-order valence-corrected chi connectivity index (χ3v) is 3.98. The maximum atomic E-state index is 12.0. The van der Waals surface area contributed by atoms with E-state index in [-0.39, 0.29) is 22.9 Å². The summed E-state index contributed by atoms with van der Waals surface area (Å²) in [5.41, 5.74) is 1.17. The maximum Gasteiger partial charge on any atom is 0.255 e. The molecule has 0 aliphatic carbocycles. The molecule has 1 aliphatic rings. The van der Waals surface area contributed by atoms with E-state index in [2.05, 4.69) is 15.6 Å². The third kappa shape index (κ3) is 2.97. The van der Waals surface area contributed by atoms with Crippen LogP contribution in [0, 0.1) is 0 Å². The van der Waals surface area contributed by atoms with Crippen molar-refractivity contribution in [3.8, 4) is 0 Å². The minimum Gasteiger partial charge on any atom is -0.329 e. The number of H-pyrrole nitrogens is 1. The molecule has 2 heterocycles. The average Bonchev–Trinajstić information content (AvgIpc) is 2.46. The average molecular weight is 301 g/mol. The summed E-state index contributed by atoms with van der Waals surface area (Å²) in [5, 5.41) is 5.45. The minimum atomic E-state index is -0.379. The van der Waals surface area contributed by atoms with Crippen molar-refractivity contribution in [2.45, 2.75) is 4.90 Å². The van der Waals surface area contributed by atoms with E-state index in [0.29, 0.717) is 17.1 Å². The monoisotopic (exact) mass is 301 g/mol. The fourth-order valence-corrected chi connectivity index (χ4v) is 2.74. The number of pyridine rings is 1. The molecule has 3 rings (SSSR count). The van der Waals surface area contributed by atoms with Crippen LogP contribution in [0.3, 0.4) is 0 Å². The lowest BCUT2D eigenvalue weighted by atomic mass is 10.2. The smallest absolute Gasteiger partial charge is 0.255 e. The first-order chi connectivity index (χ1) is 10.1. The number of hydrogen-bond acceptors (Lipinski definition) is 4. The van der Waals surface area contributed by atoms with Crippen molar-refractivity contribution >= 4 is 35.0 Å². The Labute approximate surface area is 124 Å². The Morgan fingerprint density at radius 3 is 2.86 bits per heavy atom. The Morgan fingerprint density at radius 2 is 2.05 bits per heavy atom. The highest BCUT2D eigenvalue weighted by molar-refractivity contribution is 8.00. The molecule has 0 bridgehead atoms. The van der Waals surface area contributed by atoms with Crippen LogP contribution in [0.5, 0.6) is 0 Å². The van der Waals surface area contributed by atoms with E-state index < -0.39 is 0 Å². The second-order valence-corrected chi connectivity index (χ2v) is 5.46. The van der Waals surface area contributed by atoms with Crippen LogP contribution < -0.4 is 16.2 Å². The lowest BCUT2D eigenvalue weighted by Crippen LogP contribution is -2.19. The molecule has 106 valence electrons. The SMILES string of the molecule is O=C1CSc2ccc(NC(=O)c3cc[nH]c(=O)c3)cc2N1. The number of carbonyl (C=O) groups excluding carboxylic acids is 2. The zero-order valence-electron chi connectivity index (χ0n) is 10.8. The third-order valence-electron chi connectivity index (χ3n) is 2.91. The van der Waals surface area contributed by atoms with Crippen LogP contribution in [-0.2, 0) is 4.79 Å². The number of thioether (sulfide) groups is 1. The number of hydrogen-bond donors (Lipinski definition) is 3. The summed E-state index contributed by atoms with van der Waals surface area (Å²) in [6.45, 7) is 0. The first kappa shape index (κ1) is 13.4. The number of fused-ring (bicyclic) bond motifs is 1. The molecule has 2 amide bonds. The van der Waals surface area contributed by atoms with Gasteiger partial charge in [0.2, 0.25) is 11.5 Å². The van der Waals surface area contributed by atoms with Gasteiger partial charge >= 0.3 is 0 Å². The minimum absolute atomic E-state index is 0.0643. The van der Waals surface area contributed by atoms with Gasteiger partial charge in [-0.2, -0.15) is 0 Å². The standard InChI is InChI=1S/C14H11N3O3S/c18-12-5-8(3-4-15-12)14(20)16-9-1-2-11-10(6-9)17-13(19)7-21-11/h1-6H,7H2,(H,15,18)(H,16,20)(H,17,19). The molecule has 21 heavy (non-hydrogen) atoms. The number of nitrogens with one attached hydrogen (secondary N) is 3.